The van der Waals surface area contributed by atoms with Crippen LogP contribution in [0.4, 0.5) is 0 Å². The summed E-state index contributed by atoms with van der Waals surface area (Å²) in [6.07, 6.45) is 3.94. The average molecular weight is 330 g/mol. The Hall–Kier alpha value is 0.01000. The molecule has 0 amide bonds. The zero-order valence-corrected chi connectivity index (χ0v) is 14.0. The first-order valence-electron chi connectivity index (χ1n) is 6.78. The van der Waals surface area contributed by atoms with Gasteiger partial charge in [0.2, 0.25) is 0 Å². The van der Waals surface area contributed by atoms with Crippen molar-refractivity contribution in [3.63, 3.8) is 0 Å². The minimum absolute atomic E-state index is 0.530. The van der Waals surface area contributed by atoms with Crippen LogP contribution in [0.15, 0.2) is 27.6 Å². The van der Waals surface area contributed by atoms with Crippen LogP contribution in [0.25, 0.3) is 0 Å². The first kappa shape index (κ1) is 16.1. The lowest BCUT2D eigenvalue weighted by atomic mass is 10.2. The monoisotopic (exact) mass is 329 g/mol. The molecule has 0 bridgehead atoms. The van der Waals surface area contributed by atoms with Gasteiger partial charge in [0, 0.05) is 22.0 Å². The Morgan fingerprint density at radius 3 is 2.72 bits per heavy atom. The molecule has 18 heavy (non-hydrogen) atoms. The summed E-state index contributed by atoms with van der Waals surface area (Å²) < 4.78 is 1.17. The first-order valence-corrected chi connectivity index (χ1v) is 8.56. The maximum atomic E-state index is 3.56. The number of hydrogen-bond acceptors (Lipinski definition) is 2. The highest BCUT2D eigenvalue weighted by Crippen LogP contribution is 2.27. The predicted molar refractivity (Wildman–Crippen MR) is 86.4 cm³/mol. The Kier molecular flexibility index (Phi) is 8.03. The Morgan fingerprint density at radius 1 is 1.28 bits per heavy atom. The first-order chi connectivity index (χ1) is 8.63. The van der Waals surface area contributed by atoms with Crippen molar-refractivity contribution in [2.45, 2.75) is 57.5 Å². The third kappa shape index (κ3) is 6.26. The highest BCUT2D eigenvalue weighted by molar-refractivity contribution is 9.10. The molecule has 0 aromatic heterocycles. The van der Waals surface area contributed by atoms with E-state index in [2.05, 4.69) is 60.2 Å². The molecule has 0 aliphatic rings. The van der Waals surface area contributed by atoms with E-state index in [9.17, 15) is 0 Å². The van der Waals surface area contributed by atoms with Gasteiger partial charge < -0.3 is 5.32 Å². The molecule has 1 nitrogen and oxygen atoms in total. The van der Waals surface area contributed by atoms with Crippen molar-refractivity contribution in [2.75, 3.05) is 5.75 Å². The van der Waals surface area contributed by atoms with Crippen LogP contribution in [-0.2, 0) is 6.54 Å². The number of benzene rings is 1. The molecule has 0 fully saturated rings. The van der Waals surface area contributed by atoms with Crippen molar-refractivity contribution in [2.24, 2.45) is 0 Å². The molecule has 3 heteroatoms. The molecular formula is C15H24BrNS. The number of thioether (sulfide) groups is 1. The summed E-state index contributed by atoms with van der Waals surface area (Å²) in [6.45, 7) is 7.58. The van der Waals surface area contributed by atoms with Crippen LogP contribution in [0.5, 0.6) is 0 Å². The fourth-order valence-corrected chi connectivity index (χ4v) is 3.13. The highest BCUT2D eigenvalue weighted by Gasteiger charge is 2.05. The molecule has 0 spiro atoms. The maximum absolute atomic E-state index is 3.56. The van der Waals surface area contributed by atoms with E-state index in [0.717, 1.165) is 6.54 Å². The summed E-state index contributed by atoms with van der Waals surface area (Å²) in [5, 5.41) is 3.50. The zero-order valence-electron chi connectivity index (χ0n) is 11.6. The van der Waals surface area contributed by atoms with Gasteiger partial charge in [-0.1, -0.05) is 49.5 Å². The topological polar surface area (TPSA) is 12.0 Å². The molecule has 102 valence electrons. The second kappa shape index (κ2) is 9.00. The lowest BCUT2D eigenvalue weighted by molar-refractivity contribution is 0.584. The van der Waals surface area contributed by atoms with E-state index in [1.165, 1.54) is 39.9 Å². The largest absolute Gasteiger partial charge is 0.310 e. The van der Waals surface area contributed by atoms with E-state index in [0.29, 0.717) is 6.04 Å². The number of hydrogen-bond donors (Lipinski definition) is 1. The standard InChI is InChI=1S/C15H24BrNS/c1-4-5-6-9-18-15-8-7-14(16)10-13(15)11-17-12(2)3/h7-8,10,12,17H,4-6,9,11H2,1-3H3. The van der Waals surface area contributed by atoms with Crippen LogP contribution in [0.3, 0.4) is 0 Å². The molecule has 0 saturated heterocycles. The summed E-state index contributed by atoms with van der Waals surface area (Å²) >= 11 is 5.55. The SMILES string of the molecule is CCCCCSc1ccc(Br)cc1CNC(C)C. The van der Waals surface area contributed by atoms with Gasteiger partial charge >= 0.3 is 0 Å². The lowest BCUT2D eigenvalue weighted by Gasteiger charge is -2.13. The van der Waals surface area contributed by atoms with Crippen molar-refractivity contribution in [1.82, 2.24) is 5.32 Å². The number of halogens is 1. The fourth-order valence-electron chi connectivity index (χ4n) is 1.68. The van der Waals surface area contributed by atoms with Crippen molar-refractivity contribution in [3.8, 4) is 0 Å². The molecular weight excluding hydrogens is 306 g/mol. The molecule has 0 radical (unpaired) electrons. The second-order valence-electron chi connectivity index (χ2n) is 4.84. The summed E-state index contributed by atoms with van der Waals surface area (Å²) in [5.74, 6) is 1.23. The average Bonchev–Trinajstić information content (AvgIpc) is 2.34. The van der Waals surface area contributed by atoms with E-state index in [1.807, 2.05) is 11.8 Å². The zero-order chi connectivity index (χ0) is 13.4. The van der Waals surface area contributed by atoms with Gasteiger partial charge in [-0.15, -0.1) is 11.8 Å². The highest BCUT2D eigenvalue weighted by atomic mass is 79.9. The summed E-state index contributed by atoms with van der Waals surface area (Å²) in [4.78, 5) is 1.42. The second-order valence-corrected chi connectivity index (χ2v) is 6.90. The van der Waals surface area contributed by atoms with E-state index in [4.69, 9.17) is 0 Å². The molecule has 0 unspecified atom stereocenters. The van der Waals surface area contributed by atoms with Gasteiger partial charge in [-0.05, 0) is 35.9 Å². The van der Waals surface area contributed by atoms with Crippen LogP contribution < -0.4 is 5.32 Å². The van der Waals surface area contributed by atoms with Crippen molar-refractivity contribution in [3.05, 3.63) is 28.2 Å². The van der Waals surface area contributed by atoms with Crippen LogP contribution in [0.2, 0.25) is 0 Å². The van der Waals surface area contributed by atoms with Gasteiger partial charge in [0.25, 0.3) is 0 Å². The molecule has 0 saturated carbocycles. The summed E-state index contributed by atoms with van der Waals surface area (Å²) in [7, 11) is 0. The Morgan fingerprint density at radius 2 is 2.06 bits per heavy atom. The molecule has 0 heterocycles. The molecule has 0 atom stereocenters. The number of rotatable bonds is 8. The van der Waals surface area contributed by atoms with Crippen molar-refractivity contribution in [1.29, 1.82) is 0 Å². The predicted octanol–water partition coefficient (Wildman–Crippen LogP) is 5.23. The fraction of sp³-hybridized carbons (Fsp3) is 0.600. The van der Waals surface area contributed by atoms with Gasteiger partial charge in [0.05, 0.1) is 0 Å². The minimum Gasteiger partial charge on any atom is -0.310 e. The maximum Gasteiger partial charge on any atom is 0.0219 e. The van der Waals surface area contributed by atoms with E-state index >= 15 is 0 Å². The molecule has 0 aliphatic carbocycles. The van der Waals surface area contributed by atoms with Gasteiger partial charge in [-0.25, -0.2) is 0 Å². The smallest absolute Gasteiger partial charge is 0.0219 e. The lowest BCUT2D eigenvalue weighted by Crippen LogP contribution is -2.22. The quantitative estimate of drug-likeness (QED) is 0.517. The Labute approximate surface area is 124 Å². The molecule has 1 N–H and O–H groups in total. The van der Waals surface area contributed by atoms with E-state index in [1.54, 1.807) is 0 Å². The van der Waals surface area contributed by atoms with Crippen LogP contribution in [0, 0.1) is 0 Å². The third-order valence-electron chi connectivity index (χ3n) is 2.73. The van der Waals surface area contributed by atoms with Crippen molar-refractivity contribution < 1.29 is 0 Å². The summed E-state index contributed by atoms with van der Waals surface area (Å²) in [5.41, 5.74) is 1.40. The number of nitrogens with one attached hydrogen (secondary N) is 1. The molecule has 1 aromatic rings. The molecule has 1 aromatic carbocycles. The minimum atomic E-state index is 0.530. The van der Waals surface area contributed by atoms with Crippen LogP contribution in [0.1, 0.15) is 45.6 Å². The van der Waals surface area contributed by atoms with E-state index < -0.39 is 0 Å². The molecule has 1 rings (SSSR count). The van der Waals surface area contributed by atoms with Gasteiger partial charge in [0.15, 0.2) is 0 Å². The normalized spacial score (nSPS) is 11.2. The number of unbranched alkanes of at least 4 members (excludes halogenated alkanes) is 2. The van der Waals surface area contributed by atoms with Gasteiger partial charge in [-0.3, -0.25) is 0 Å². The van der Waals surface area contributed by atoms with Crippen LogP contribution in [-0.4, -0.2) is 11.8 Å². The van der Waals surface area contributed by atoms with Gasteiger partial charge in [0.1, 0.15) is 0 Å². The van der Waals surface area contributed by atoms with E-state index in [-0.39, 0.29) is 0 Å². The Bertz CT molecular complexity index is 352. The van der Waals surface area contributed by atoms with Crippen molar-refractivity contribution >= 4 is 27.7 Å². The third-order valence-corrected chi connectivity index (χ3v) is 4.42. The van der Waals surface area contributed by atoms with Crippen LogP contribution >= 0.6 is 27.7 Å². The molecule has 0 aliphatic heterocycles. The van der Waals surface area contributed by atoms with Gasteiger partial charge in [-0.2, -0.15) is 0 Å². The Balaban J connectivity index is 2.58. The summed E-state index contributed by atoms with van der Waals surface area (Å²) in [6, 6.07) is 7.14.